The molecule has 10 aromatic rings. The van der Waals surface area contributed by atoms with Gasteiger partial charge < -0.3 is 45.9 Å². The average Bonchev–Trinajstić information content (AvgIpc) is 3.90. The maximum Gasteiger partial charge on any atom is 2.00 e. The van der Waals surface area contributed by atoms with Crippen LogP contribution in [0.3, 0.4) is 0 Å². The Balaban J connectivity index is 0.000000148. The van der Waals surface area contributed by atoms with Crippen LogP contribution in [0.2, 0.25) is 0 Å². The predicted molar refractivity (Wildman–Crippen MR) is 168 cm³/mol. The molecule has 0 amide bonds. The van der Waals surface area contributed by atoms with Gasteiger partial charge in [0.05, 0.1) is 49.0 Å². The topological polar surface area (TPSA) is 115 Å². The molecule has 49 heavy (non-hydrogen) atoms. The Bertz CT molecular complexity index is 2610. The first-order chi connectivity index (χ1) is 23.0. The van der Waals surface area contributed by atoms with Crippen LogP contribution in [-0.4, -0.2) is 33.2 Å². The van der Waals surface area contributed by atoms with Gasteiger partial charge in [0, 0.05) is 65.6 Å². The average molecular weight is 1010 g/mol. The van der Waals surface area contributed by atoms with Crippen molar-refractivity contribution in [3.8, 4) is 34.3 Å². The van der Waals surface area contributed by atoms with Gasteiger partial charge in [0.15, 0.2) is 0 Å². The monoisotopic (exact) mass is 1010 g/mol. The van der Waals surface area contributed by atoms with E-state index in [1.807, 2.05) is 67.2 Å². The van der Waals surface area contributed by atoms with Crippen LogP contribution in [-0.2, 0) is 63.3 Å². The third-order valence-electron chi connectivity index (χ3n) is 7.81. The molecule has 0 aliphatic rings. The minimum absolute atomic E-state index is 0. The van der Waals surface area contributed by atoms with E-state index in [0.29, 0.717) is 11.8 Å². The first kappa shape index (κ1) is 32.4. The van der Waals surface area contributed by atoms with Gasteiger partial charge in [0.2, 0.25) is 12.2 Å². The fraction of sp³-hybridized carbons (Fsp3) is 0.0857. The Kier molecular flexibility index (Phi) is 8.38. The Hall–Kier alpha value is -5.18. The molecule has 8 heterocycles. The second-order valence-corrected chi connectivity index (χ2v) is 11.1. The number of furan rings is 4. The van der Waals surface area contributed by atoms with Crippen molar-refractivity contribution in [2.24, 2.45) is 21.1 Å². The van der Waals surface area contributed by atoms with E-state index < -0.39 is 0 Å². The van der Waals surface area contributed by atoms with E-state index in [1.54, 1.807) is 57.5 Å². The largest absolute Gasteiger partial charge is 2.00 e. The van der Waals surface area contributed by atoms with Gasteiger partial charge in [-0.2, -0.15) is 0 Å². The van der Waals surface area contributed by atoms with E-state index in [4.69, 9.17) is 17.7 Å². The molecule has 0 N–H and O–H groups in total. The Labute approximate surface area is 306 Å². The summed E-state index contributed by atoms with van der Waals surface area (Å²) < 4.78 is 31.7. The van der Waals surface area contributed by atoms with Gasteiger partial charge in [-0.15, -0.1) is 18.3 Å². The number of hydrogen-bond acceptors (Lipinski definition) is 7. The Morgan fingerprint density at radius 1 is 0.735 bits per heavy atom. The van der Waals surface area contributed by atoms with Crippen LogP contribution < -0.4 is 4.57 Å². The van der Waals surface area contributed by atoms with Crippen molar-refractivity contribution < 1.29 is 64.4 Å². The summed E-state index contributed by atoms with van der Waals surface area (Å²) in [5.41, 5.74) is 4.94. The van der Waals surface area contributed by atoms with Gasteiger partial charge in [-0.3, -0.25) is 4.57 Å². The summed E-state index contributed by atoms with van der Waals surface area (Å²) in [7, 11) is 5.73. The van der Waals surface area contributed by atoms with E-state index in [0.717, 1.165) is 66.0 Å². The van der Waals surface area contributed by atoms with Crippen LogP contribution in [0.1, 0.15) is 0 Å². The van der Waals surface area contributed by atoms with Gasteiger partial charge >= 0.3 is 21.1 Å². The third kappa shape index (κ3) is 5.60. The van der Waals surface area contributed by atoms with Crippen LogP contribution in [0.15, 0.2) is 98.4 Å². The zero-order valence-corrected chi connectivity index (χ0v) is 30.4. The van der Waals surface area contributed by atoms with Crippen LogP contribution in [0.4, 0.5) is 0 Å². The smallest absolute Gasteiger partial charge is 0.508 e. The van der Waals surface area contributed by atoms with Crippen molar-refractivity contribution in [3.63, 3.8) is 0 Å². The van der Waals surface area contributed by atoms with Crippen molar-refractivity contribution in [2.45, 2.75) is 0 Å². The number of aromatic nitrogens is 8. The molecule has 8 aromatic heterocycles. The molecule has 0 saturated heterocycles. The fourth-order valence-corrected chi connectivity index (χ4v) is 5.58. The standard InChI is InChI=1S/C18H12N4O2.C17H10N4O2.2Pt/c1-20-3-4-22(11-20)18-13-6-14-15(16-7-21(2)10-19-16)9-23-17(14)5-12(13)8-24-18;1-20-6-15(19-10-20)14-8-22-16-4-11-7-23-17(12(11)5-13(14)16)21-3-2-18-9-21;;/h3-5,7-9H,1-2H3;2-4,6-8,10H,1H3;;/q2*-2;;+2. The number of hydrogen-bond donors (Lipinski definition) is 0. The van der Waals surface area contributed by atoms with Crippen LogP contribution in [0, 0.1) is 31.1 Å². The van der Waals surface area contributed by atoms with E-state index in [9.17, 15) is 0 Å². The fourth-order valence-electron chi connectivity index (χ4n) is 5.58. The zero-order valence-electron chi connectivity index (χ0n) is 25.8. The molecule has 0 aliphatic heterocycles. The molecule has 0 saturated carbocycles. The maximum atomic E-state index is 5.72. The van der Waals surface area contributed by atoms with Crippen molar-refractivity contribution in [1.82, 2.24) is 33.2 Å². The number of fused-ring (bicyclic) bond motifs is 4. The molecule has 10 rings (SSSR count). The molecule has 0 radical (unpaired) electrons. The number of rotatable bonds is 4. The molecule has 0 spiro atoms. The second-order valence-electron chi connectivity index (χ2n) is 11.1. The van der Waals surface area contributed by atoms with Gasteiger partial charge in [0.25, 0.3) is 0 Å². The summed E-state index contributed by atoms with van der Waals surface area (Å²) in [5.74, 6) is 1.31. The van der Waals surface area contributed by atoms with E-state index in [2.05, 4.69) is 46.1 Å². The van der Waals surface area contributed by atoms with Crippen molar-refractivity contribution in [1.29, 1.82) is 0 Å². The molecule has 14 heteroatoms. The molecule has 0 unspecified atom stereocenters. The SMILES string of the molecule is Cn1[c-]nc(-c2coc3cc4coc(-n5[c-][n+](C)cc5)c4[c-]c23)c1.Cn1cnc(-c2coc3cc4coc(-n5[c-]ncc5)c4[c-]c23)c1.[Pt+2].[Pt]. The number of aryl methyl sites for hydroxylation is 3. The van der Waals surface area contributed by atoms with E-state index in [1.165, 1.54) is 0 Å². The molecule has 12 nitrogen and oxygen atoms in total. The summed E-state index contributed by atoms with van der Waals surface area (Å²) in [6.07, 6.45) is 28.5. The predicted octanol–water partition coefficient (Wildman–Crippen LogP) is 5.96. The van der Waals surface area contributed by atoms with E-state index >= 15 is 0 Å². The number of imidazole rings is 4. The maximum absolute atomic E-state index is 5.72. The number of nitrogens with zero attached hydrogens (tertiary/aromatic N) is 8. The summed E-state index contributed by atoms with van der Waals surface area (Å²) >= 11 is 0. The quantitative estimate of drug-likeness (QED) is 0.158. The van der Waals surface area contributed by atoms with Crippen LogP contribution in [0.25, 0.3) is 77.8 Å². The molecule has 2 aromatic carbocycles. The third-order valence-corrected chi connectivity index (χ3v) is 7.81. The molecular weight excluding hydrogens is 987 g/mol. The minimum Gasteiger partial charge on any atom is -0.508 e. The first-order valence-corrected chi connectivity index (χ1v) is 14.5. The van der Waals surface area contributed by atoms with Crippen molar-refractivity contribution >= 4 is 43.5 Å². The zero-order chi connectivity index (χ0) is 31.6. The minimum atomic E-state index is 0. The van der Waals surface area contributed by atoms with Gasteiger partial charge in [-0.1, -0.05) is 51.9 Å². The second kappa shape index (κ2) is 12.7. The Morgan fingerprint density at radius 3 is 1.92 bits per heavy atom. The summed E-state index contributed by atoms with van der Waals surface area (Å²) in [6, 6.07) is 10.7. The van der Waals surface area contributed by atoms with Crippen molar-refractivity contribution in [3.05, 3.63) is 112 Å². The molecular formula is C35H22N8O4Pt2-2. The van der Waals surface area contributed by atoms with Crippen LogP contribution >= 0.6 is 0 Å². The van der Waals surface area contributed by atoms with Crippen molar-refractivity contribution in [2.75, 3.05) is 0 Å². The molecule has 0 fully saturated rings. The summed E-state index contributed by atoms with van der Waals surface area (Å²) in [6.45, 7) is 0. The van der Waals surface area contributed by atoms with Gasteiger partial charge in [-0.25, -0.2) is 4.98 Å². The van der Waals surface area contributed by atoms with E-state index in [-0.39, 0.29) is 42.1 Å². The first-order valence-electron chi connectivity index (χ1n) is 14.5. The van der Waals surface area contributed by atoms with Gasteiger partial charge in [-0.05, 0) is 28.8 Å². The summed E-state index contributed by atoms with van der Waals surface area (Å²) in [4.78, 5) is 12.6. The Morgan fingerprint density at radius 2 is 1.39 bits per heavy atom. The molecule has 0 bridgehead atoms. The molecule has 0 atom stereocenters. The molecule has 0 aliphatic carbocycles. The summed E-state index contributed by atoms with van der Waals surface area (Å²) in [5, 5.41) is 5.31. The molecule has 248 valence electrons. The van der Waals surface area contributed by atoms with Crippen LogP contribution in [0.5, 0.6) is 0 Å². The number of benzene rings is 2. The normalized spacial score (nSPS) is 11.2. The van der Waals surface area contributed by atoms with Gasteiger partial charge in [0.1, 0.15) is 5.88 Å².